The second-order valence-corrected chi connectivity index (χ2v) is 4.09. The van der Waals surface area contributed by atoms with Gasteiger partial charge in [-0.05, 0) is 25.0 Å². The third-order valence-electron chi connectivity index (χ3n) is 2.65. The van der Waals surface area contributed by atoms with E-state index in [1.54, 1.807) is 6.20 Å². The number of ether oxygens (including phenoxy) is 1. The van der Waals surface area contributed by atoms with Gasteiger partial charge in [-0.25, -0.2) is 0 Å². The SMILES string of the molecule is Cc1nccc(C2(N)CCOC2)c1Cl. The maximum atomic E-state index is 6.21. The molecule has 1 unspecified atom stereocenters. The quantitative estimate of drug-likeness (QED) is 0.770. The lowest BCUT2D eigenvalue weighted by Gasteiger charge is -2.23. The molecule has 14 heavy (non-hydrogen) atoms. The fraction of sp³-hybridized carbons (Fsp3) is 0.500. The summed E-state index contributed by atoms with van der Waals surface area (Å²) in [6.07, 6.45) is 2.56. The first kappa shape index (κ1) is 9.90. The maximum Gasteiger partial charge on any atom is 0.0689 e. The fourth-order valence-corrected chi connectivity index (χ4v) is 2.03. The molecule has 2 heterocycles. The van der Waals surface area contributed by atoms with Crippen LogP contribution in [0.1, 0.15) is 17.7 Å². The standard InChI is InChI=1S/C10H13ClN2O/c1-7-9(11)8(2-4-13-7)10(12)3-5-14-6-10/h2,4H,3,5-6,12H2,1H3. The van der Waals surface area contributed by atoms with Crippen molar-refractivity contribution < 1.29 is 4.74 Å². The number of nitrogens with zero attached hydrogens (tertiary/aromatic N) is 1. The second-order valence-electron chi connectivity index (χ2n) is 3.72. The largest absolute Gasteiger partial charge is 0.379 e. The fourth-order valence-electron chi connectivity index (χ4n) is 1.73. The molecule has 4 heteroatoms. The van der Waals surface area contributed by atoms with Crippen LogP contribution in [0.5, 0.6) is 0 Å². The van der Waals surface area contributed by atoms with Crippen LogP contribution in [0.25, 0.3) is 0 Å². The Balaban J connectivity index is 2.45. The molecule has 0 bridgehead atoms. The minimum absolute atomic E-state index is 0.426. The zero-order chi connectivity index (χ0) is 10.2. The first-order valence-electron chi connectivity index (χ1n) is 4.62. The summed E-state index contributed by atoms with van der Waals surface area (Å²) in [4.78, 5) is 4.11. The number of rotatable bonds is 1. The predicted octanol–water partition coefficient (Wildman–Crippen LogP) is 1.62. The van der Waals surface area contributed by atoms with E-state index in [4.69, 9.17) is 22.1 Å². The Hall–Kier alpha value is -0.640. The van der Waals surface area contributed by atoms with Crippen molar-refractivity contribution in [3.63, 3.8) is 0 Å². The Morgan fingerprint density at radius 2 is 2.43 bits per heavy atom. The van der Waals surface area contributed by atoms with Crippen molar-refractivity contribution in [1.82, 2.24) is 4.98 Å². The monoisotopic (exact) mass is 212 g/mol. The van der Waals surface area contributed by atoms with Crippen LogP contribution < -0.4 is 5.73 Å². The molecule has 0 saturated carbocycles. The molecule has 1 aromatic rings. The molecule has 0 aliphatic carbocycles. The summed E-state index contributed by atoms with van der Waals surface area (Å²) in [6, 6.07) is 1.88. The molecule has 0 radical (unpaired) electrons. The minimum atomic E-state index is -0.426. The van der Waals surface area contributed by atoms with E-state index in [1.165, 1.54) is 0 Å². The molecule has 0 amide bonds. The van der Waals surface area contributed by atoms with Gasteiger partial charge in [0.15, 0.2) is 0 Å². The third kappa shape index (κ3) is 1.52. The van der Waals surface area contributed by atoms with Crippen molar-refractivity contribution in [3.8, 4) is 0 Å². The summed E-state index contributed by atoms with van der Waals surface area (Å²) in [5.41, 5.74) is 7.56. The molecule has 3 nitrogen and oxygen atoms in total. The van der Waals surface area contributed by atoms with E-state index < -0.39 is 5.54 Å². The molecule has 2 N–H and O–H groups in total. The zero-order valence-corrected chi connectivity index (χ0v) is 8.84. The summed E-state index contributed by atoms with van der Waals surface area (Å²) in [7, 11) is 0. The highest BCUT2D eigenvalue weighted by atomic mass is 35.5. The minimum Gasteiger partial charge on any atom is -0.379 e. The van der Waals surface area contributed by atoms with Gasteiger partial charge in [-0.3, -0.25) is 4.98 Å². The van der Waals surface area contributed by atoms with Crippen molar-refractivity contribution in [2.75, 3.05) is 13.2 Å². The summed E-state index contributed by atoms with van der Waals surface area (Å²) in [5.74, 6) is 0. The number of pyridine rings is 1. The molecule has 2 rings (SSSR count). The molecule has 1 aliphatic rings. The molecule has 1 aliphatic heterocycles. The highest BCUT2D eigenvalue weighted by Gasteiger charge is 2.34. The first-order valence-corrected chi connectivity index (χ1v) is 4.99. The van der Waals surface area contributed by atoms with Crippen LogP contribution in [0.4, 0.5) is 0 Å². The Labute approximate surface area is 88.2 Å². The first-order chi connectivity index (χ1) is 6.63. The number of aromatic nitrogens is 1. The van der Waals surface area contributed by atoms with Gasteiger partial charge in [-0.15, -0.1) is 0 Å². The van der Waals surface area contributed by atoms with Crippen LogP contribution in [-0.4, -0.2) is 18.2 Å². The van der Waals surface area contributed by atoms with E-state index in [1.807, 2.05) is 13.0 Å². The van der Waals surface area contributed by atoms with Crippen LogP contribution in [0.15, 0.2) is 12.3 Å². The van der Waals surface area contributed by atoms with E-state index in [0.717, 1.165) is 17.7 Å². The van der Waals surface area contributed by atoms with Crippen LogP contribution in [0.3, 0.4) is 0 Å². The summed E-state index contributed by atoms with van der Waals surface area (Å²) >= 11 is 6.16. The van der Waals surface area contributed by atoms with Crippen molar-refractivity contribution in [1.29, 1.82) is 0 Å². The lowest BCUT2D eigenvalue weighted by molar-refractivity contribution is 0.178. The van der Waals surface area contributed by atoms with Gasteiger partial charge in [0.05, 0.1) is 22.9 Å². The lowest BCUT2D eigenvalue weighted by atomic mass is 9.90. The van der Waals surface area contributed by atoms with Crippen LogP contribution in [0.2, 0.25) is 5.02 Å². The zero-order valence-electron chi connectivity index (χ0n) is 8.09. The number of halogens is 1. The van der Waals surface area contributed by atoms with Gasteiger partial charge in [-0.2, -0.15) is 0 Å². The molecule has 1 fully saturated rings. The molecule has 1 atom stereocenters. The van der Waals surface area contributed by atoms with Crippen molar-refractivity contribution in [2.24, 2.45) is 5.73 Å². The van der Waals surface area contributed by atoms with Crippen molar-refractivity contribution in [3.05, 3.63) is 28.5 Å². The maximum absolute atomic E-state index is 6.21. The van der Waals surface area contributed by atoms with Crippen molar-refractivity contribution >= 4 is 11.6 Å². The number of hydrogen-bond acceptors (Lipinski definition) is 3. The summed E-state index contributed by atoms with van der Waals surface area (Å²) < 4.78 is 5.31. The highest BCUT2D eigenvalue weighted by molar-refractivity contribution is 6.32. The molecule has 0 spiro atoms. The molecule has 0 aromatic carbocycles. The normalized spacial score (nSPS) is 26.8. The van der Waals surface area contributed by atoms with E-state index in [9.17, 15) is 0 Å². The third-order valence-corrected chi connectivity index (χ3v) is 3.13. The van der Waals surface area contributed by atoms with Crippen LogP contribution in [0, 0.1) is 6.92 Å². The molecular formula is C10H13ClN2O. The average molecular weight is 213 g/mol. The van der Waals surface area contributed by atoms with Gasteiger partial charge < -0.3 is 10.5 Å². The van der Waals surface area contributed by atoms with Crippen molar-refractivity contribution in [2.45, 2.75) is 18.9 Å². The summed E-state index contributed by atoms with van der Waals surface area (Å²) in [5, 5.41) is 0.667. The smallest absolute Gasteiger partial charge is 0.0689 e. The number of nitrogens with two attached hydrogens (primary N) is 1. The van der Waals surface area contributed by atoms with Gasteiger partial charge in [-0.1, -0.05) is 11.6 Å². The average Bonchev–Trinajstić information content (AvgIpc) is 2.58. The van der Waals surface area contributed by atoms with E-state index in [0.29, 0.717) is 18.2 Å². The Bertz CT molecular complexity index is 348. The molecule has 1 saturated heterocycles. The van der Waals surface area contributed by atoms with Gasteiger partial charge in [0.1, 0.15) is 0 Å². The highest BCUT2D eigenvalue weighted by Crippen LogP contribution is 2.33. The van der Waals surface area contributed by atoms with E-state index in [-0.39, 0.29) is 0 Å². The molecular weight excluding hydrogens is 200 g/mol. The van der Waals surface area contributed by atoms with E-state index >= 15 is 0 Å². The Morgan fingerprint density at radius 1 is 1.64 bits per heavy atom. The molecule has 76 valence electrons. The predicted molar refractivity (Wildman–Crippen MR) is 55.3 cm³/mol. The topological polar surface area (TPSA) is 48.1 Å². The van der Waals surface area contributed by atoms with Crippen LogP contribution in [-0.2, 0) is 10.3 Å². The molecule has 1 aromatic heterocycles. The Kier molecular flexibility index (Phi) is 2.47. The Morgan fingerprint density at radius 3 is 3.07 bits per heavy atom. The van der Waals surface area contributed by atoms with Gasteiger partial charge in [0.25, 0.3) is 0 Å². The van der Waals surface area contributed by atoms with Gasteiger partial charge in [0.2, 0.25) is 0 Å². The second kappa shape index (κ2) is 3.50. The number of hydrogen-bond donors (Lipinski definition) is 1. The van der Waals surface area contributed by atoms with Gasteiger partial charge >= 0.3 is 0 Å². The number of aryl methyl sites for hydroxylation is 1. The van der Waals surface area contributed by atoms with Crippen LogP contribution >= 0.6 is 11.6 Å². The van der Waals surface area contributed by atoms with Gasteiger partial charge in [0, 0.05) is 12.8 Å². The summed E-state index contributed by atoms with van der Waals surface area (Å²) in [6.45, 7) is 3.12. The van der Waals surface area contributed by atoms with E-state index in [2.05, 4.69) is 4.98 Å². The lowest BCUT2D eigenvalue weighted by Crippen LogP contribution is -2.37.